The number of ether oxygens (including phenoxy) is 2. The van der Waals surface area contributed by atoms with Gasteiger partial charge in [0.05, 0.1) is 12.2 Å². The van der Waals surface area contributed by atoms with Crippen LogP contribution in [-0.2, 0) is 4.79 Å². The first kappa shape index (κ1) is 16.2. The van der Waals surface area contributed by atoms with Crippen LogP contribution in [0.3, 0.4) is 0 Å². The van der Waals surface area contributed by atoms with Crippen LogP contribution in [0.5, 0.6) is 11.6 Å². The molecule has 0 bridgehead atoms. The summed E-state index contributed by atoms with van der Waals surface area (Å²) < 4.78 is 11.5. The highest BCUT2D eigenvalue weighted by atomic mass is 16.5. The van der Waals surface area contributed by atoms with Crippen molar-refractivity contribution in [3.05, 3.63) is 48.2 Å². The summed E-state index contributed by atoms with van der Waals surface area (Å²) in [5.74, 6) is 1.16. The quantitative estimate of drug-likeness (QED) is 0.842. The van der Waals surface area contributed by atoms with Gasteiger partial charge in [-0.25, -0.2) is 0 Å². The highest BCUT2D eigenvalue weighted by Gasteiger charge is 2.31. The fraction of sp³-hybridized carbons (Fsp3) is 0.389. The van der Waals surface area contributed by atoms with Gasteiger partial charge in [0.15, 0.2) is 6.10 Å². The van der Waals surface area contributed by atoms with Crippen LogP contribution in [0.25, 0.3) is 0 Å². The molecule has 0 spiro atoms. The topological polar surface area (TPSA) is 64.5 Å². The van der Waals surface area contributed by atoms with Gasteiger partial charge in [0.1, 0.15) is 11.9 Å². The van der Waals surface area contributed by atoms with Gasteiger partial charge in [0.25, 0.3) is 5.91 Å². The van der Waals surface area contributed by atoms with Crippen molar-refractivity contribution in [2.75, 3.05) is 13.1 Å². The predicted octanol–water partition coefficient (Wildman–Crippen LogP) is 2.23. The van der Waals surface area contributed by atoms with Gasteiger partial charge in [-0.2, -0.15) is 5.10 Å². The van der Waals surface area contributed by atoms with E-state index in [1.165, 1.54) is 0 Å². The summed E-state index contributed by atoms with van der Waals surface area (Å²) in [5, 5.41) is 7.98. The molecule has 0 N–H and O–H groups in total. The summed E-state index contributed by atoms with van der Waals surface area (Å²) in [6.45, 7) is 4.85. The zero-order valence-corrected chi connectivity index (χ0v) is 13.9. The third-order valence-corrected chi connectivity index (χ3v) is 3.92. The van der Waals surface area contributed by atoms with E-state index in [9.17, 15) is 4.79 Å². The van der Waals surface area contributed by atoms with Gasteiger partial charge in [-0.15, -0.1) is 5.10 Å². The highest BCUT2D eigenvalue weighted by Crippen LogP contribution is 2.18. The second-order valence-electron chi connectivity index (χ2n) is 5.90. The lowest BCUT2D eigenvalue weighted by Gasteiger charge is -2.21. The van der Waals surface area contributed by atoms with Crippen molar-refractivity contribution in [2.45, 2.75) is 32.5 Å². The number of aromatic nitrogens is 2. The second-order valence-corrected chi connectivity index (χ2v) is 5.90. The lowest BCUT2D eigenvalue weighted by atomic mass is 10.3. The van der Waals surface area contributed by atoms with Gasteiger partial charge < -0.3 is 14.4 Å². The Hall–Kier alpha value is -2.63. The molecule has 2 aromatic rings. The molecule has 6 nitrogen and oxygen atoms in total. The zero-order valence-electron chi connectivity index (χ0n) is 13.9. The minimum absolute atomic E-state index is 0.0278. The van der Waals surface area contributed by atoms with E-state index >= 15 is 0 Å². The number of hydrogen-bond donors (Lipinski definition) is 0. The molecule has 1 amide bonds. The average molecular weight is 327 g/mol. The molecule has 1 aromatic heterocycles. The third-order valence-electron chi connectivity index (χ3n) is 3.92. The smallest absolute Gasteiger partial charge is 0.263 e. The number of carbonyl (C=O) groups is 1. The Balaban J connectivity index is 1.52. The first-order valence-electron chi connectivity index (χ1n) is 8.09. The van der Waals surface area contributed by atoms with Crippen molar-refractivity contribution >= 4 is 5.91 Å². The maximum atomic E-state index is 12.5. The number of nitrogens with zero attached hydrogens (tertiary/aromatic N) is 3. The van der Waals surface area contributed by atoms with Crippen molar-refractivity contribution in [1.29, 1.82) is 0 Å². The number of amides is 1. The van der Waals surface area contributed by atoms with Gasteiger partial charge >= 0.3 is 0 Å². The van der Waals surface area contributed by atoms with E-state index < -0.39 is 6.10 Å². The Bertz CT molecular complexity index is 676. The number of benzene rings is 1. The van der Waals surface area contributed by atoms with Crippen molar-refractivity contribution < 1.29 is 14.3 Å². The molecule has 2 heterocycles. The average Bonchev–Trinajstić information content (AvgIpc) is 3.05. The van der Waals surface area contributed by atoms with Crippen LogP contribution in [-0.4, -0.2) is 46.3 Å². The molecule has 1 fully saturated rings. The molecule has 0 unspecified atom stereocenters. The van der Waals surface area contributed by atoms with Crippen LogP contribution < -0.4 is 9.47 Å². The van der Waals surface area contributed by atoms with Crippen molar-refractivity contribution in [1.82, 2.24) is 15.1 Å². The van der Waals surface area contributed by atoms with Crippen molar-refractivity contribution in [2.24, 2.45) is 0 Å². The standard InChI is InChI=1S/C18H21N3O3/c1-13-8-9-17(20-19-13)24-16-10-11-21(12-16)18(22)14(2)23-15-6-4-3-5-7-15/h3-9,14,16H,10-12H2,1-2H3/t14-,16+/m0/s1. The molecule has 0 saturated carbocycles. The summed E-state index contributed by atoms with van der Waals surface area (Å²) in [6, 6.07) is 13.0. The number of likely N-dealkylation sites (tertiary alicyclic amines) is 1. The molecule has 24 heavy (non-hydrogen) atoms. The number of hydrogen-bond acceptors (Lipinski definition) is 5. The predicted molar refractivity (Wildman–Crippen MR) is 88.9 cm³/mol. The van der Waals surface area contributed by atoms with Crippen LogP contribution in [0, 0.1) is 6.92 Å². The molecule has 1 aliphatic heterocycles. The second kappa shape index (κ2) is 7.29. The van der Waals surface area contributed by atoms with Gasteiger partial charge in [0.2, 0.25) is 5.88 Å². The minimum Gasteiger partial charge on any atom is -0.481 e. The summed E-state index contributed by atoms with van der Waals surface area (Å²) in [7, 11) is 0. The highest BCUT2D eigenvalue weighted by molar-refractivity contribution is 5.81. The van der Waals surface area contributed by atoms with E-state index in [0.29, 0.717) is 24.7 Å². The van der Waals surface area contributed by atoms with Crippen LogP contribution in [0.1, 0.15) is 19.0 Å². The third kappa shape index (κ3) is 4.01. The maximum Gasteiger partial charge on any atom is 0.263 e. The number of para-hydroxylation sites is 1. The molecule has 3 rings (SSSR count). The molecule has 1 aliphatic rings. The Kier molecular flexibility index (Phi) is 4.93. The molecule has 6 heteroatoms. The first-order chi connectivity index (χ1) is 11.6. The van der Waals surface area contributed by atoms with Crippen LogP contribution in [0.15, 0.2) is 42.5 Å². The molecule has 126 valence electrons. The lowest BCUT2D eigenvalue weighted by Crippen LogP contribution is -2.40. The molecule has 1 aromatic carbocycles. The Labute approximate surface area is 141 Å². The SMILES string of the molecule is Cc1ccc(O[C@@H]2CCN(C(=O)[C@H](C)Oc3ccccc3)C2)nn1. The Morgan fingerprint density at radius 2 is 2.00 bits per heavy atom. The van der Waals surface area contributed by atoms with Gasteiger partial charge in [-0.1, -0.05) is 18.2 Å². The molecule has 0 aliphatic carbocycles. The molecular weight excluding hydrogens is 306 g/mol. The molecule has 2 atom stereocenters. The number of aryl methyl sites for hydroxylation is 1. The van der Waals surface area contributed by atoms with E-state index in [-0.39, 0.29) is 12.0 Å². The van der Waals surface area contributed by atoms with E-state index in [1.807, 2.05) is 43.3 Å². The Morgan fingerprint density at radius 1 is 1.21 bits per heavy atom. The summed E-state index contributed by atoms with van der Waals surface area (Å²) in [5.41, 5.74) is 0.845. The van der Waals surface area contributed by atoms with E-state index in [1.54, 1.807) is 17.9 Å². The summed E-state index contributed by atoms with van der Waals surface area (Å²) in [4.78, 5) is 14.3. The van der Waals surface area contributed by atoms with Crippen LogP contribution >= 0.6 is 0 Å². The van der Waals surface area contributed by atoms with E-state index in [2.05, 4.69) is 10.2 Å². The van der Waals surface area contributed by atoms with E-state index in [0.717, 1.165) is 12.1 Å². The molecule has 0 radical (unpaired) electrons. The van der Waals surface area contributed by atoms with Crippen LogP contribution in [0.4, 0.5) is 0 Å². The summed E-state index contributed by atoms with van der Waals surface area (Å²) in [6.07, 6.45) is 0.194. The van der Waals surface area contributed by atoms with Gasteiger partial charge in [0, 0.05) is 19.0 Å². The number of rotatable bonds is 5. The lowest BCUT2D eigenvalue weighted by molar-refractivity contribution is -0.137. The fourth-order valence-corrected chi connectivity index (χ4v) is 2.66. The van der Waals surface area contributed by atoms with Crippen molar-refractivity contribution in [3.63, 3.8) is 0 Å². The zero-order chi connectivity index (χ0) is 16.9. The van der Waals surface area contributed by atoms with E-state index in [4.69, 9.17) is 9.47 Å². The van der Waals surface area contributed by atoms with Gasteiger partial charge in [-0.05, 0) is 32.0 Å². The van der Waals surface area contributed by atoms with Crippen molar-refractivity contribution in [3.8, 4) is 11.6 Å². The molecular formula is C18H21N3O3. The largest absolute Gasteiger partial charge is 0.481 e. The molecule has 1 saturated heterocycles. The first-order valence-corrected chi connectivity index (χ1v) is 8.09. The van der Waals surface area contributed by atoms with Crippen LogP contribution in [0.2, 0.25) is 0 Å². The summed E-state index contributed by atoms with van der Waals surface area (Å²) >= 11 is 0. The minimum atomic E-state index is -0.523. The fourth-order valence-electron chi connectivity index (χ4n) is 2.66. The van der Waals surface area contributed by atoms with Gasteiger partial charge in [-0.3, -0.25) is 4.79 Å². The normalized spacial score (nSPS) is 18.2. The Morgan fingerprint density at radius 3 is 2.71 bits per heavy atom. The maximum absolute atomic E-state index is 12.5. The number of carbonyl (C=O) groups excluding carboxylic acids is 1. The monoisotopic (exact) mass is 327 g/mol.